The number of aliphatic imine (C=N–C) groups is 1. The zero-order valence-electron chi connectivity index (χ0n) is 18.0. The van der Waals surface area contributed by atoms with Crippen LogP contribution in [0.2, 0.25) is 0 Å². The van der Waals surface area contributed by atoms with E-state index in [1.807, 2.05) is 66.1 Å². The van der Waals surface area contributed by atoms with E-state index in [0.717, 1.165) is 24.4 Å². The minimum Gasteiger partial charge on any atom is -0.492 e. The van der Waals surface area contributed by atoms with Crippen LogP contribution < -0.4 is 20.7 Å². The molecule has 0 aromatic heterocycles. The van der Waals surface area contributed by atoms with E-state index in [-0.39, 0.29) is 42.0 Å². The van der Waals surface area contributed by atoms with E-state index in [4.69, 9.17) is 4.74 Å². The van der Waals surface area contributed by atoms with Crippen molar-refractivity contribution in [1.29, 1.82) is 0 Å². The predicted molar refractivity (Wildman–Crippen MR) is 127 cm³/mol. The highest BCUT2D eigenvalue weighted by molar-refractivity contribution is 14.0. The third kappa shape index (κ3) is 12.8. The molecule has 0 heterocycles. The average molecular weight is 505 g/mol. The Balaban J connectivity index is 0.00000729. The number of nitrogens with zero attached hydrogens (tertiary/aromatic N) is 2. The number of likely N-dealkylation sites (N-methyl/N-ethyl adjacent to an activating group) is 1. The first-order valence-electron chi connectivity index (χ1n) is 9.39. The molecule has 0 saturated carbocycles. The van der Waals surface area contributed by atoms with E-state index < -0.39 is 0 Å². The summed E-state index contributed by atoms with van der Waals surface area (Å²) < 4.78 is 5.76. The summed E-state index contributed by atoms with van der Waals surface area (Å²) in [6.07, 6.45) is 0. The fourth-order valence-electron chi connectivity index (χ4n) is 2.22. The van der Waals surface area contributed by atoms with Crippen molar-refractivity contribution in [3.8, 4) is 5.75 Å². The first-order valence-corrected chi connectivity index (χ1v) is 9.39. The monoisotopic (exact) mass is 505 g/mol. The largest absolute Gasteiger partial charge is 0.492 e. The minimum absolute atomic E-state index is 0. The number of amides is 1. The molecule has 1 aromatic carbocycles. The molecule has 1 rings (SSSR count). The van der Waals surface area contributed by atoms with Crippen molar-refractivity contribution in [3.63, 3.8) is 0 Å². The average Bonchev–Trinajstić information content (AvgIpc) is 2.56. The molecule has 0 spiro atoms. The molecule has 3 N–H and O–H groups in total. The maximum absolute atomic E-state index is 12.0. The number of ether oxygens (including phenoxy) is 1. The van der Waals surface area contributed by atoms with Crippen molar-refractivity contribution in [2.24, 2.45) is 4.99 Å². The Morgan fingerprint density at radius 2 is 1.93 bits per heavy atom. The number of carbonyl (C=O) groups excluding carboxylic acids is 1. The zero-order chi connectivity index (χ0) is 20.3. The van der Waals surface area contributed by atoms with Crippen LogP contribution in [-0.4, -0.2) is 62.6 Å². The van der Waals surface area contributed by atoms with Gasteiger partial charge in [0.2, 0.25) is 5.91 Å². The van der Waals surface area contributed by atoms with E-state index in [0.29, 0.717) is 19.1 Å². The number of rotatable bonds is 9. The Kier molecular flexibility index (Phi) is 12.8. The Labute approximate surface area is 186 Å². The lowest BCUT2D eigenvalue weighted by atomic mass is 10.1. The fourth-order valence-corrected chi connectivity index (χ4v) is 2.22. The molecule has 1 amide bonds. The minimum atomic E-state index is -0.249. The molecule has 160 valence electrons. The standard InChI is InChI=1S/C20H35N5O2.HI/c1-7-21-19(23-15-18(26)24-20(2,3)4)22-14-16-9-8-10-17(13-16)27-12-11-25(5)6;/h8-10,13H,7,11-12,14-15H2,1-6H3,(H,24,26)(H2,21,22,23);1H. The molecule has 0 aliphatic heterocycles. The Morgan fingerprint density at radius 1 is 1.21 bits per heavy atom. The number of benzene rings is 1. The lowest BCUT2D eigenvalue weighted by Gasteiger charge is -2.21. The van der Waals surface area contributed by atoms with Crippen LogP contribution in [0.25, 0.3) is 0 Å². The highest BCUT2D eigenvalue weighted by atomic mass is 127. The maximum atomic E-state index is 12.0. The lowest BCUT2D eigenvalue weighted by Crippen LogP contribution is -2.48. The molecule has 0 aliphatic rings. The van der Waals surface area contributed by atoms with Crippen molar-refractivity contribution in [2.75, 3.05) is 40.3 Å². The second kappa shape index (κ2) is 13.6. The molecule has 0 atom stereocenters. The van der Waals surface area contributed by atoms with Crippen LogP contribution in [0.3, 0.4) is 0 Å². The summed E-state index contributed by atoms with van der Waals surface area (Å²) in [5, 5.41) is 9.14. The number of nitrogens with one attached hydrogen (secondary N) is 3. The summed E-state index contributed by atoms with van der Waals surface area (Å²) in [5.74, 6) is 1.39. The third-order valence-electron chi connectivity index (χ3n) is 3.40. The second-order valence-corrected chi connectivity index (χ2v) is 7.65. The molecule has 0 unspecified atom stereocenters. The molecule has 0 aliphatic carbocycles. The molecular formula is C20H36IN5O2. The van der Waals surface area contributed by atoms with E-state index in [9.17, 15) is 4.79 Å². The van der Waals surface area contributed by atoms with Gasteiger partial charge in [-0.2, -0.15) is 0 Å². The van der Waals surface area contributed by atoms with Gasteiger partial charge >= 0.3 is 0 Å². The second-order valence-electron chi connectivity index (χ2n) is 7.65. The van der Waals surface area contributed by atoms with Crippen LogP contribution in [0, 0.1) is 0 Å². The van der Waals surface area contributed by atoms with Gasteiger partial charge in [-0.05, 0) is 59.5 Å². The summed E-state index contributed by atoms with van der Waals surface area (Å²) in [4.78, 5) is 18.6. The van der Waals surface area contributed by atoms with Crippen molar-refractivity contribution in [3.05, 3.63) is 29.8 Å². The molecule has 8 heteroatoms. The predicted octanol–water partition coefficient (Wildman–Crippen LogP) is 2.21. The SMILES string of the molecule is CCNC(=NCc1cccc(OCCN(C)C)c1)NCC(=O)NC(C)(C)C.I. The smallest absolute Gasteiger partial charge is 0.239 e. The van der Waals surface area contributed by atoms with Gasteiger partial charge in [0.15, 0.2) is 5.96 Å². The van der Waals surface area contributed by atoms with Gasteiger partial charge in [-0.15, -0.1) is 24.0 Å². The summed E-state index contributed by atoms with van der Waals surface area (Å²) in [6, 6.07) is 7.92. The Hall–Kier alpha value is -1.55. The van der Waals surface area contributed by atoms with Crippen LogP contribution in [0.4, 0.5) is 0 Å². The summed E-state index contributed by atoms with van der Waals surface area (Å²) in [7, 11) is 4.04. The first-order chi connectivity index (χ1) is 12.7. The van der Waals surface area contributed by atoms with E-state index in [1.54, 1.807) is 0 Å². The highest BCUT2D eigenvalue weighted by Crippen LogP contribution is 2.14. The Morgan fingerprint density at radius 3 is 2.54 bits per heavy atom. The van der Waals surface area contributed by atoms with Gasteiger partial charge in [-0.1, -0.05) is 12.1 Å². The van der Waals surface area contributed by atoms with Gasteiger partial charge in [0, 0.05) is 18.6 Å². The molecule has 0 saturated heterocycles. The normalized spacial score (nSPS) is 11.6. The molecule has 0 bridgehead atoms. The number of carbonyl (C=O) groups is 1. The highest BCUT2D eigenvalue weighted by Gasteiger charge is 2.13. The molecule has 0 fully saturated rings. The zero-order valence-corrected chi connectivity index (χ0v) is 20.3. The van der Waals surface area contributed by atoms with Gasteiger partial charge in [0.05, 0.1) is 13.1 Å². The Bertz CT molecular complexity index is 615. The van der Waals surface area contributed by atoms with Gasteiger partial charge < -0.3 is 25.6 Å². The van der Waals surface area contributed by atoms with Crippen molar-refractivity contribution in [1.82, 2.24) is 20.9 Å². The fraction of sp³-hybridized carbons (Fsp3) is 0.600. The quantitative estimate of drug-likeness (QED) is 0.273. The van der Waals surface area contributed by atoms with Gasteiger partial charge in [0.1, 0.15) is 12.4 Å². The summed E-state index contributed by atoms with van der Waals surface area (Å²) in [5.41, 5.74) is 0.801. The van der Waals surface area contributed by atoms with E-state index in [2.05, 4.69) is 25.8 Å². The van der Waals surface area contributed by atoms with E-state index >= 15 is 0 Å². The number of guanidine groups is 1. The van der Waals surface area contributed by atoms with Crippen molar-refractivity contribution >= 4 is 35.8 Å². The van der Waals surface area contributed by atoms with E-state index in [1.165, 1.54) is 0 Å². The number of hydrogen-bond acceptors (Lipinski definition) is 4. The first kappa shape index (κ1) is 26.4. The third-order valence-corrected chi connectivity index (χ3v) is 3.40. The van der Waals surface area contributed by atoms with Crippen LogP contribution in [-0.2, 0) is 11.3 Å². The molecule has 1 aromatic rings. The summed E-state index contributed by atoms with van der Waals surface area (Å²) in [6.45, 7) is 10.8. The molecule has 28 heavy (non-hydrogen) atoms. The van der Waals surface area contributed by atoms with Crippen LogP contribution in [0.15, 0.2) is 29.3 Å². The lowest BCUT2D eigenvalue weighted by molar-refractivity contribution is -0.121. The van der Waals surface area contributed by atoms with Gasteiger partial charge in [0.25, 0.3) is 0 Å². The van der Waals surface area contributed by atoms with Crippen LogP contribution in [0.1, 0.15) is 33.3 Å². The maximum Gasteiger partial charge on any atom is 0.239 e. The van der Waals surface area contributed by atoms with Crippen LogP contribution >= 0.6 is 24.0 Å². The van der Waals surface area contributed by atoms with Crippen LogP contribution in [0.5, 0.6) is 5.75 Å². The van der Waals surface area contributed by atoms with Crippen molar-refractivity contribution in [2.45, 2.75) is 39.8 Å². The molecule has 7 nitrogen and oxygen atoms in total. The summed E-state index contributed by atoms with van der Waals surface area (Å²) >= 11 is 0. The molecule has 0 radical (unpaired) electrons. The number of hydrogen-bond donors (Lipinski definition) is 3. The van der Waals surface area contributed by atoms with Gasteiger partial charge in [-0.25, -0.2) is 4.99 Å². The van der Waals surface area contributed by atoms with Crippen molar-refractivity contribution < 1.29 is 9.53 Å². The topological polar surface area (TPSA) is 78.0 Å². The molecular weight excluding hydrogens is 469 g/mol. The van der Waals surface area contributed by atoms with Gasteiger partial charge in [-0.3, -0.25) is 4.79 Å². The number of halogens is 1.